The van der Waals surface area contributed by atoms with Gasteiger partial charge in [-0.25, -0.2) is 0 Å². The smallest absolute Gasteiger partial charge is 0.258 e. The van der Waals surface area contributed by atoms with Crippen LogP contribution < -0.4 is 5.56 Å². The average Bonchev–Trinajstić information content (AvgIpc) is 3.55. The largest absolute Gasteiger partial charge is 0.396 e. The number of carbonyl (C=O) groups is 2. The number of aromatic nitrogens is 1. The van der Waals surface area contributed by atoms with E-state index in [0.717, 1.165) is 49.2 Å². The van der Waals surface area contributed by atoms with Crippen LogP contribution in [0, 0.1) is 11.8 Å². The van der Waals surface area contributed by atoms with Crippen molar-refractivity contribution >= 4 is 17.4 Å². The van der Waals surface area contributed by atoms with Crippen molar-refractivity contribution in [3.8, 4) is 0 Å². The highest BCUT2D eigenvalue weighted by molar-refractivity contribution is 5.90. The molecule has 9 nitrogen and oxygen atoms in total. The van der Waals surface area contributed by atoms with Crippen LogP contribution in [-0.2, 0) is 20.9 Å². The summed E-state index contributed by atoms with van der Waals surface area (Å²) < 4.78 is 6.92. The molecule has 0 aromatic carbocycles. The van der Waals surface area contributed by atoms with Crippen molar-refractivity contribution in [2.24, 2.45) is 11.8 Å². The first kappa shape index (κ1) is 23.3. The molecule has 184 valence electrons. The number of nitrogens with zero attached hydrogens (tertiary/aromatic N) is 4. The van der Waals surface area contributed by atoms with E-state index in [0.29, 0.717) is 19.6 Å². The van der Waals surface area contributed by atoms with Gasteiger partial charge >= 0.3 is 0 Å². The fourth-order valence-corrected chi connectivity index (χ4v) is 6.32. The Morgan fingerprint density at radius 1 is 1.18 bits per heavy atom. The van der Waals surface area contributed by atoms with E-state index in [-0.39, 0.29) is 36.5 Å². The Balaban J connectivity index is 1.53. The van der Waals surface area contributed by atoms with Gasteiger partial charge in [0, 0.05) is 69.5 Å². The fourth-order valence-electron chi connectivity index (χ4n) is 6.32. The predicted molar refractivity (Wildman–Crippen MR) is 126 cm³/mol. The molecule has 0 saturated carbocycles. The van der Waals surface area contributed by atoms with Crippen LogP contribution >= 0.6 is 0 Å². The van der Waals surface area contributed by atoms with Gasteiger partial charge in [0.05, 0.1) is 6.04 Å². The highest BCUT2D eigenvalue weighted by Crippen LogP contribution is 2.49. The van der Waals surface area contributed by atoms with Gasteiger partial charge in [-0.05, 0) is 44.0 Å². The van der Waals surface area contributed by atoms with E-state index in [2.05, 4.69) is 11.0 Å². The van der Waals surface area contributed by atoms with Crippen molar-refractivity contribution in [2.75, 3.05) is 53.6 Å². The van der Waals surface area contributed by atoms with E-state index in [4.69, 9.17) is 4.74 Å². The molecule has 0 unspecified atom stereocenters. The number of pyridine rings is 1. The number of aliphatic hydroxyl groups excluding tert-OH is 1. The van der Waals surface area contributed by atoms with E-state index in [9.17, 15) is 19.5 Å². The van der Waals surface area contributed by atoms with E-state index >= 15 is 0 Å². The molecule has 34 heavy (non-hydrogen) atoms. The molecule has 0 bridgehead atoms. The lowest BCUT2D eigenvalue weighted by atomic mass is 9.88. The first-order valence-corrected chi connectivity index (χ1v) is 12.3. The second-order valence-corrected chi connectivity index (χ2v) is 9.97. The fraction of sp³-hybridized carbons (Fsp3) is 0.640. The number of allylic oxidation sites excluding steroid dienone is 2. The number of hydrogen-bond donors (Lipinski definition) is 1. The maximum atomic E-state index is 13.7. The molecule has 2 saturated heterocycles. The van der Waals surface area contributed by atoms with Gasteiger partial charge in [0.2, 0.25) is 11.8 Å². The SMILES string of the molecule is COCC(=O)N1[C@H](C(=O)N2CCN(C)CC2)[C@@H](CO)[C@@H]2Cn3c(ccc(C4=CCCC4)c3=O)[C@@H]21. The number of aliphatic hydroxyl groups is 1. The Hall–Kier alpha value is -2.49. The van der Waals surface area contributed by atoms with Gasteiger partial charge < -0.3 is 29.1 Å². The molecule has 4 heterocycles. The summed E-state index contributed by atoms with van der Waals surface area (Å²) in [4.78, 5) is 46.0. The number of carbonyl (C=O) groups excluding carboxylic acids is 2. The Kier molecular flexibility index (Phi) is 6.35. The number of likely N-dealkylation sites (N-methyl/N-ethyl adjacent to an activating group) is 1. The molecule has 1 aromatic heterocycles. The summed E-state index contributed by atoms with van der Waals surface area (Å²) in [6.07, 6.45) is 5.09. The van der Waals surface area contributed by atoms with Crippen molar-refractivity contribution in [1.29, 1.82) is 0 Å². The van der Waals surface area contributed by atoms with E-state index < -0.39 is 18.0 Å². The number of amides is 2. The molecule has 0 spiro atoms. The first-order chi connectivity index (χ1) is 16.5. The topological polar surface area (TPSA) is 95.3 Å². The molecule has 2 fully saturated rings. The minimum atomic E-state index is -0.757. The Bertz CT molecular complexity index is 1060. The van der Waals surface area contributed by atoms with Crippen LogP contribution in [0.15, 0.2) is 23.0 Å². The summed E-state index contributed by atoms with van der Waals surface area (Å²) in [6.45, 7) is 2.77. The molecule has 4 aliphatic rings. The van der Waals surface area contributed by atoms with Crippen molar-refractivity contribution < 1.29 is 19.4 Å². The second kappa shape index (κ2) is 9.28. The van der Waals surface area contributed by atoms with Gasteiger partial charge in [-0.1, -0.05) is 6.08 Å². The number of fused-ring (bicyclic) bond motifs is 3. The lowest BCUT2D eigenvalue weighted by Crippen LogP contribution is -2.56. The molecule has 0 radical (unpaired) electrons. The molecule has 1 aliphatic carbocycles. The van der Waals surface area contributed by atoms with Gasteiger partial charge in [-0.15, -0.1) is 0 Å². The summed E-state index contributed by atoms with van der Waals surface area (Å²) >= 11 is 0. The van der Waals surface area contributed by atoms with Gasteiger partial charge in [0.25, 0.3) is 5.56 Å². The van der Waals surface area contributed by atoms with Crippen LogP contribution in [0.3, 0.4) is 0 Å². The van der Waals surface area contributed by atoms with Crippen LogP contribution in [0.2, 0.25) is 0 Å². The number of likely N-dealkylation sites (tertiary alicyclic amines) is 1. The third kappa shape index (κ3) is 3.70. The highest BCUT2D eigenvalue weighted by Gasteiger charge is 2.58. The van der Waals surface area contributed by atoms with E-state index in [1.807, 2.05) is 24.1 Å². The third-order valence-electron chi connectivity index (χ3n) is 8.09. The predicted octanol–water partition coefficient (Wildman–Crippen LogP) is 0.326. The normalized spacial score (nSPS) is 28.7. The minimum absolute atomic E-state index is 0.0437. The summed E-state index contributed by atoms with van der Waals surface area (Å²) in [7, 11) is 3.48. The van der Waals surface area contributed by atoms with Gasteiger partial charge in [0.1, 0.15) is 12.6 Å². The Labute approximate surface area is 199 Å². The molecule has 5 rings (SSSR count). The number of hydrogen-bond acceptors (Lipinski definition) is 6. The van der Waals surface area contributed by atoms with Gasteiger partial charge in [0.15, 0.2) is 0 Å². The van der Waals surface area contributed by atoms with Crippen molar-refractivity contribution in [3.05, 3.63) is 39.8 Å². The molecule has 1 N–H and O–H groups in total. The van der Waals surface area contributed by atoms with Crippen LogP contribution in [-0.4, -0.2) is 95.8 Å². The molecule has 1 aromatic rings. The Morgan fingerprint density at radius 3 is 2.59 bits per heavy atom. The molecule has 2 amide bonds. The molecular formula is C25H34N4O5. The zero-order chi connectivity index (χ0) is 24.0. The minimum Gasteiger partial charge on any atom is -0.396 e. The maximum Gasteiger partial charge on any atom is 0.258 e. The average molecular weight is 471 g/mol. The zero-order valence-electron chi connectivity index (χ0n) is 20.0. The van der Waals surface area contributed by atoms with Crippen LogP contribution in [0.4, 0.5) is 0 Å². The standard InChI is InChI=1S/C25H34N4O5/c1-26-9-11-27(12-10-26)25(33)23-19(14-30)18-13-28-20(22(18)29(23)21(31)15-34-2)8-7-17(24(28)32)16-5-3-4-6-16/h5,7-8,18-19,22-23,30H,3-4,6,9-15H2,1-2H3/t18-,19-,22+,23-/m0/s1. The first-order valence-electron chi connectivity index (χ1n) is 12.3. The lowest BCUT2D eigenvalue weighted by Gasteiger charge is -2.38. The number of rotatable bonds is 5. The summed E-state index contributed by atoms with van der Waals surface area (Å²) in [5.74, 6) is -1.05. The van der Waals surface area contributed by atoms with Gasteiger partial charge in [-0.3, -0.25) is 14.4 Å². The number of methoxy groups -OCH3 is 1. The summed E-state index contributed by atoms with van der Waals surface area (Å²) in [6, 6.07) is 2.62. The van der Waals surface area contributed by atoms with Crippen molar-refractivity contribution in [2.45, 2.75) is 37.9 Å². The molecular weight excluding hydrogens is 436 g/mol. The summed E-state index contributed by atoms with van der Waals surface area (Å²) in [5.41, 5.74) is 2.51. The number of piperazine rings is 1. The molecule has 9 heteroatoms. The molecule has 4 atom stereocenters. The quantitative estimate of drug-likeness (QED) is 0.666. The van der Waals surface area contributed by atoms with Crippen LogP contribution in [0.1, 0.15) is 36.6 Å². The van der Waals surface area contributed by atoms with E-state index in [1.165, 1.54) is 7.11 Å². The molecule has 3 aliphatic heterocycles. The van der Waals surface area contributed by atoms with Crippen molar-refractivity contribution in [1.82, 2.24) is 19.3 Å². The zero-order valence-corrected chi connectivity index (χ0v) is 20.0. The monoisotopic (exact) mass is 470 g/mol. The highest BCUT2D eigenvalue weighted by atomic mass is 16.5. The second-order valence-electron chi connectivity index (χ2n) is 9.97. The van der Waals surface area contributed by atoms with E-state index in [1.54, 1.807) is 9.47 Å². The Morgan fingerprint density at radius 2 is 1.94 bits per heavy atom. The van der Waals surface area contributed by atoms with Crippen LogP contribution in [0.5, 0.6) is 0 Å². The third-order valence-corrected chi connectivity index (χ3v) is 8.09. The maximum absolute atomic E-state index is 13.7. The van der Waals surface area contributed by atoms with Gasteiger partial charge in [-0.2, -0.15) is 0 Å². The van der Waals surface area contributed by atoms with Crippen molar-refractivity contribution in [3.63, 3.8) is 0 Å². The number of ether oxygens (including phenoxy) is 1. The van der Waals surface area contributed by atoms with Crippen LogP contribution in [0.25, 0.3) is 5.57 Å². The summed E-state index contributed by atoms with van der Waals surface area (Å²) in [5, 5.41) is 10.4. The lowest BCUT2D eigenvalue weighted by molar-refractivity contribution is -0.150.